The Morgan fingerprint density at radius 1 is 1.33 bits per heavy atom. The van der Waals surface area contributed by atoms with Crippen LogP contribution in [0.25, 0.3) is 0 Å². The zero-order chi connectivity index (χ0) is 11.6. The summed E-state index contributed by atoms with van der Waals surface area (Å²) in [5, 5.41) is -0.0129. The first-order valence-electron chi connectivity index (χ1n) is 4.15. The lowest BCUT2D eigenvalue weighted by Gasteiger charge is -2.09. The van der Waals surface area contributed by atoms with Gasteiger partial charge in [0.05, 0.1) is 5.56 Å². The Bertz CT molecular complexity index is 385. The fourth-order valence-corrected chi connectivity index (χ4v) is 1.46. The molecule has 0 saturated carbocycles. The van der Waals surface area contributed by atoms with Gasteiger partial charge in [0.2, 0.25) is 0 Å². The lowest BCUT2D eigenvalue weighted by Crippen LogP contribution is -2.06. The van der Waals surface area contributed by atoms with Gasteiger partial charge in [0.1, 0.15) is 5.78 Å². The number of halogens is 4. The second-order valence-corrected chi connectivity index (χ2v) is 3.66. The summed E-state index contributed by atoms with van der Waals surface area (Å²) in [4.78, 5) is 10.8. The molecule has 1 nitrogen and oxygen atoms in total. The third-order valence-corrected chi connectivity index (χ3v) is 1.96. The van der Waals surface area contributed by atoms with E-state index < -0.39 is 11.7 Å². The van der Waals surface area contributed by atoms with E-state index in [0.29, 0.717) is 0 Å². The van der Waals surface area contributed by atoms with Gasteiger partial charge in [-0.25, -0.2) is 0 Å². The van der Waals surface area contributed by atoms with Gasteiger partial charge >= 0.3 is 6.18 Å². The molecule has 0 aromatic heterocycles. The predicted molar refractivity (Wildman–Crippen MR) is 50.8 cm³/mol. The van der Waals surface area contributed by atoms with E-state index in [2.05, 4.69) is 0 Å². The number of hydrogen-bond donors (Lipinski definition) is 0. The molecule has 5 heteroatoms. The smallest absolute Gasteiger partial charge is 0.300 e. The van der Waals surface area contributed by atoms with Crippen molar-refractivity contribution < 1.29 is 18.0 Å². The molecule has 1 aromatic carbocycles. The Hall–Kier alpha value is -1.03. The molecule has 0 aliphatic carbocycles. The maximum absolute atomic E-state index is 12.3. The highest BCUT2D eigenvalue weighted by atomic mass is 35.5. The van der Waals surface area contributed by atoms with Gasteiger partial charge in [-0.15, -0.1) is 0 Å². The molecule has 0 unspecified atom stereocenters. The van der Waals surface area contributed by atoms with E-state index in [-0.39, 0.29) is 22.8 Å². The van der Waals surface area contributed by atoms with Crippen LogP contribution in [0, 0.1) is 0 Å². The lowest BCUT2D eigenvalue weighted by atomic mass is 10.1. The van der Waals surface area contributed by atoms with Crippen molar-refractivity contribution in [3.05, 3.63) is 34.3 Å². The van der Waals surface area contributed by atoms with E-state index in [1.807, 2.05) is 0 Å². The maximum Gasteiger partial charge on any atom is 0.416 e. The molecule has 0 atom stereocenters. The van der Waals surface area contributed by atoms with Crippen molar-refractivity contribution >= 4 is 17.4 Å². The molecule has 0 amide bonds. The molecule has 1 rings (SSSR count). The largest absolute Gasteiger partial charge is 0.416 e. The van der Waals surface area contributed by atoms with Crippen LogP contribution in [0.1, 0.15) is 18.1 Å². The van der Waals surface area contributed by atoms with Crippen LogP contribution >= 0.6 is 11.6 Å². The third kappa shape index (κ3) is 3.55. The van der Waals surface area contributed by atoms with Gasteiger partial charge < -0.3 is 0 Å². The number of benzene rings is 1. The molecule has 0 spiro atoms. The quantitative estimate of drug-likeness (QED) is 0.768. The molecule has 0 saturated heterocycles. The minimum atomic E-state index is -4.43. The highest BCUT2D eigenvalue weighted by molar-refractivity contribution is 6.30. The minimum Gasteiger partial charge on any atom is -0.300 e. The topological polar surface area (TPSA) is 17.1 Å². The number of carbonyl (C=O) groups is 1. The van der Waals surface area contributed by atoms with Crippen LogP contribution in [0.5, 0.6) is 0 Å². The molecule has 0 bridgehead atoms. The van der Waals surface area contributed by atoms with Gasteiger partial charge in [-0.3, -0.25) is 4.79 Å². The van der Waals surface area contributed by atoms with Gasteiger partial charge in [-0.1, -0.05) is 11.6 Å². The van der Waals surface area contributed by atoms with Crippen LogP contribution in [0.2, 0.25) is 5.02 Å². The number of hydrogen-bond acceptors (Lipinski definition) is 1. The monoisotopic (exact) mass is 236 g/mol. The average molecular weight is 237 g/mol. The van der Waals surface area contributed by atoms with Crippen molar-refractivity contribution in [1.82, 2.24) is 0 Å². The first-order chi connectivity index (χ1) is 6.79. The van der Waals surface area contributed by atoms with Crippen molar-refractivity contribution in [2.24, 2.45) is 0 Å². The van der Waals surface area contributed by atoms with E-state index in [1.54, 1.807) is 0 Å². The number of rotatable bonds is 2. The highest BCUT2D eigenvalue weighted by Crippen LogP contribution is 2.31. The SMILES string of the molecule is CC(=O)Cc1cc(Cl)cc(C(F)(F)F)c1. The van der Waals surface area contributed by atoms with Gasteiger partial charge in [0.15, 0.2) is 0 Å². The molecule has 82 valence electrons. The van der Waals surface area contributed by atoms with Crippen molar-refractivity contribution in [1.29, 1.82) is 0 Å². The summed E-state index contributed by atoms with van der Waals surface area (Å²) in [7, 11) is 0. The number of carbonyl (C=O) groups excluding carboxylic acids is 1. The molecular formula is C10H8ClF3O. The van der Waals surface area contributed by atoms with Gasteiger partial charge in [-0.2, -0.15) is 13.2 Å². The molecule has 0 aliphatic rings. The van der Waals surface area contributed by atoms with Crippen molar-refractivity contribution in [3.63, 3.8) is 0 Å². The van der Waals surface area contributed by atoms with E-state index >= 15 is 0 Å². The zero-order valence-electron chi connectivity index (χ0n) is 7.86. The van der Waals surface area contributed by atoms with Crippen LogP contribution in [0.15, 0.2) is 18.2 Å². The van der Waals surface area contributed by atoms with Crippen LogP contribution in [-0.2, 0) is 17.4 Å². The van der Waals surface area contributed by atoms with Gasteiger partial charge in [0, 0.05) is 11.4 Å². The summed E-state index contributed by atoms with van der Waals surface area (Å²) >= 11 is 5.53. The molecule has 0 radical (unpaired) electrons. The summed E-state index contributed by atoms with van der Waals surface area (Å²) < 4.78 is 37.0. The third-order valence-electron chi connectivity index (χ3n) is 1.74. The summed E-state index contributed by atoms with van der Waals surface area (Å²) in [6, 6.07) is 3.14. The van der Waals surface area contributed by atoms with E-state index in [4.69, 9.17) is 11.6 Å². The predicted octanol–water partition coefficient (Wildman–Crippen LogP) is 3.49. The van der Waals surface area contributed by atoms with Crippen LogP contribution in [0.3, 0.4) is 0 Å². The second-order valence-electron chi connectivity index (χ2n) is 3.22. The Morgan fingerprint density at radius 2 is 1.93 bits per heavy atom. The van der Waals surface area contributed by atoms with E-state index in [1.165, 1.54) is 13.0 Å². The zero-order valence-corrected chi connectivity index (χ0v) is 8.62. The van der Waals surface area contributed by atoms with Crippen molar-refractivity contribution in [2.45, 2.75) is 19.5 Å². The maximum atomic E-state index is 12.3. The Balaban J connectivity index is 3.11. The summed E-state index contributed by atoms with van der Waals surface area (Å²) in [6.07, 6.45) is -4.47. The van der Waals surface area contributed by atoms with E-state index in [0.717, 1.165) is 12.1 Å². The summed E-state index contributed by atoms with van der Waals surface area (Å²) in [5.41, 5.74) is -0.548. The fourth-order valence-electron chi connectivity index (χ4n) is 1.20. The number of ketones is 1. The molecular weight excluding hydrogens is 229 g/mol. The van der Waals surface area contributed by atoms with Gasteiger partial charge in [0.25, 0.3) is 0 Å². The summed E-state index contributed by atoms with van der Waals surface area (Å²) in [6.45, 7) is 1.31. The molecule has 0 heterocycles. The minimum absolute atomic E-state index is 0.0129. The Morgan fingerprint density at radius 3 is 2.40 bits per heavy atom. The van der Waals surface area contributed by atoms with Crippen LogP contribution < -0.4 is 0 Å². The number of Topliss-reactive ketones (excluding diaryl/α,β-unsaturated/α-hetero) is 1. The first-order valence-corrected chi connectivity index (χ1v) is 4.53. The molecule has 0 fully saturated rings. The fraction of sp³-hybridized carbons (Fsp3) is 0.300. The Labute approximate surface area is 89.9 Å². The normalized spacial score (nSPS) is 11.5. The standard InChI is InChI=1S/C10H8ClF3O/c1-6(15)2-7-3-8(10(12,13)14)5-9(11)4-7/h3-5H,2H2,1H3. The van der Waals surface area contributed by atoms with Gasteiger partial charge in [-0.05, 0) is 30.7 Å². The van der Waals surface area contributed by atoms with Crippen molar-refractivity contribution in [3.8, 4) is 0 Å². The molecule has 0 N–H and O–H groups in total. The Kier molecular flexibility index (Phi) is 3.39. The summed E-state index contributed by atoms with van der Waals surface area (Å²) in [5.74, 6) is -0.203. The highest BCUT2D eigenvalue weighted by Gasteiger charge is 2.31. The number of alkyl halides is 3. The molecule has 15 heavy (non-hydrogen) atoms. The van der Waals surface area contributed by atoms with E-state index in [9.17, 15) is 18.0 Å². The molecule has 1 aromatic rings. The lowest BCUT2D eigenvalue weighted by molar-refractivity contribution is -0.137. The second kappa shape index (κ2) is 4.23. The average Bonchev–Trinajstić information content (AvgIpc) is 1.99. The molecule has 0 aliphatic heterocycles. The van der Waals surface area contributed by atoms with Crippen LogP contribution in [0.4, 0.5) is 13.2 Å². The first kappa shape index (κ1) is 12.0. The van der Waals surface area contributed by atoms with Crippen LogP contribution in [-0.4, -0.2) is 5.78 Å². The van der Waals surface area contributed by atoms with Crippen molar-refractivity contribution in [2.75, 3.05) is 0 Å².